The Kier molecular flexibility index (Phi) is 5.75. The molecule has 0 unspecified atom stereocenters. The number of aliphatic imine (C=N–C) groups is 1. The SMILES string of the molecule is COC(=O)C[C@@H]1N=C(c2ccc(-c3cncc(C#N)c3)cc2)c2c(sc(C)c2C)-n2c(C)nnc21. The molecule has 9 heteroatoms. The fraction of sp³-hybridized carbons (Fsp3) is 0.231. The fourth-order valence-corrected chi connectivity index (χ4v) is 5.46. The van der Waals surface area contributed by atoms with Gasteiger partial charge in [0.2, 0.25) is 0 Å². The summed E-state index contributed by atoms with van der Waals surface area (Å²) in [6, 6.07) is 11.4. The molecule has 4 heterocycles. The zero-order valence-corrected chi connectivity index (χ0v) is 20.6. The molecule has 8 nitrogen and oxygen atoms in total. The van der Waals surface area contributed by atoms with Crippen LogP contribution in [0.1, 0.15) is 51.2 Å². The molecule has 0 radical (unpaired) electrons. The second kappa shape index (κ2) is 8.89. The predicted octanol–water partition coefficient (Wildman–Crippen LogP) is 4.64. The maximum absolute atomic E-state index is 12.3. The summed E-state index contributed by atoms with van der Waals surface area (Å²) in [5, 5.41) is 18.9. The van der Waals surface area contributed by atoms with Crippen molar-refractivity contribution < 1.29 is 9.53 Å². The van der Waals surface area contributed by atoms with Gasteiger partial charge >= 0.3 is 5.97 Å². The number of nitriles is 1. The van der Waals surface area contributed by atoms with E-state index >= 15 is 0 Å². The van der Waals surface area contributed by atoms with Crippen molar-refractivity contribution in [1.82, 2.24) is 19.7 Å². The lowest BCUT2D eigenvalue weighted by molar-refractivity contribution is -0.141. The topological polar surface area (TPSA) is 106 Å². The van der Waals surface area contributed by atoms with Gasteiger partial charge in [-0.3, -0.25) is 19.3 Å². The molecule has 1 atom stereocenters. The largest absolute Gasteiger partial charge is 0.469 e. The smallest absolute Gasteiger partial charge is 0.308 e. The standard InChI is InChI=1S/C26H22N6O2S/c1-14-15(2)35-26-23(14)24(29-21(10-22(33)34-4)25-31-30-16(3)32(25)26)19-7-5-18(6-8-19)20-9-17(11-27)12-28-13-20/h5-9,12-13,21H,10H2,1-4H3/t21-/m0/s1. The second-order valence-corrected chi connectivity index (χ2v) is 9.53. The predicted molar refractivity (Wildman–Crippen MR) is 133 cm³/mol. The van der Waals surface area contributed by atoms with E-state index in [0.29, 0.717) is 11.4 Å². The number of aryl methyl sites for hydroxylation is 2. The van der Waals surface area contributed by atoms with Gasteiger partial charge in [0.1, 0.15) is 22.9 Å². The summed E-state index contributed by atoms with van der Waals surface area (Å²) >= 11 is 1.67. The highest BCUT2D eigenvalue weighted by Crippen LogP contribution is 2.39. The van der Waals surface area contributed by atoms with E-state index in [9.17, 15) is 10.1 Å². The van der Waals surface area contributed by atoms with Gasteiger partial charge in [0.15, 0.2) is 5.82 Å². The lowest BCUT2D eigenvalue weighted by Gasteiger charge is -2.12. The molecule has 1 aliphatic heterocycles. The van der Waals surface area contributed by atoms with Gasteiger partial charge in [-0.05, 0) is 38.0 Å². The van der Waals surface area contributed by atoms with Crippen LogP contribution >= 0.6 is 11.3 Å². The molecule has 0 aliphatic carbocycles. The average Bonchev–Trinajstić information content (AvgIpc) is 3.36. The summed E-state index contributed by atoms with van der Waals surface area (Å²) in [7, 11) is 1.37. The third-order valence-electron chi connectivity index (χ3n) is 6.19. The van der Waals surface area contributed by atoms with Crippen LogP contribution in [0.15, 0.2) is 47.7 Å². The van der Waals surface area contributed by atoms with Crippen molar-refractivity contribution in [3.05, 3.63) is 81.5 Å². The van der Waals surface area contributed by atoms with Gasteiger partial charge < -0.3 is 4.74 Å². The number of ether oxygens (including phenoxy) is 1. The summed E-state index contributed by atoms with van der Waals surface area (Å²) in [4.78, 5) is 22.7. The molecule has 0 amide bonds. The molecule has 0 saturated carbocycles. The highest BCUT2D eigenvalue weighted by molar-refractivity contribution is 7.15. The third kappa shape index (κ3) is 3.92. The van der Waals surface area contributed by atoms with Crippen LogP contribution in [0.5, 0.6) is 0 Å². The van der Waals surface area contributed by atoms with Gasteiger partial charge in [-0.2, -0.15) is 5.26 Å². The van der Waals surface area contributed by atoms with Crippen molar-refractivity contribution in [3.63, 3.8) is 0 Å². The van der Waals surface area contributed by atoms with Crippen LogP contribution in [-0.4, -0.2) is 38.5 Å². The van der Waals surface area contributed by atoms with Crippen LogP contribution in [0.25, 0.3) is 16.1 Å². The number of aromatic nitrogens is 4. The number of hydrogen-bond acceptors (Lipinski definition) is 8. The van der Waals surface area contributed by atoms with E-state index in [1.165, 1.54) is 12.0 Å². The zero-order chi connectivity index (χ0) is 24.7. The summed E-state index contributed by atoms with van der Waals surface area (Å²) in [5.41, 5.74) is 6.21. The van der Waals surface area contributed by atoms with Crippen molar-refractivity contribution >= 4 is 23.0 Å². The Balaban J connectivity index is 1.67. The Morgan fingerprint density at radius 2 is 1.86 bits per heavy atom. The molecule has 5 rings (SSSR count). The average molecular weight is 483 g/mol. The zero-order valence-electron chi connectivity index (χ0n) is 19.7. The number of carbonyl (C=O) groups is 1. The second-order valence-electron chi connectivity index (χ2n) is 8.33. The van der Waals surface area contributed by atoms with Gasteiger partial charge in [-0.1, -0.05) is 24.3 Å². The first-order valence-electron chi connectivity index (χ1n) is 11.0. The molecule has 1 aliphatic rings. The minimum Gasteiger partial charge on any atom is -0.469 e. The van der Waals surface area contributed by atoms with Gasteiger partial charge in [-0.15, -0.1) is 21.5 Å². The Morgan fingerprint density at radius 1 is 1.11 bits per heavy atom. The molecule has 35 heavy (non-hydrogen) atoms. The lowest BCUT2D eigenvalue weighted by atomic mass is 9.97. The van der Waals surface area contributed by atoms with E-state index in [1.807, 2.05) is 41.8 Å². The Hall–Kier alpha value is -4.16. The molecule has 0 N–H and O–H groups in total. The van der Waals surface area contributed by atoms with E-state index in [4.69, 9.17) is 9.73 Å². The molecule has 0 fully saturated rings. The number of pyridine rings is 1. The van der Waals surface area contributed by atoms with E-state index in [0.717, 1.165) is 44.4 Å². The van der Waals surface area contributed by atoms with Crippen LogP contribution in [0, 0.1) is 32.1 Å². The summed E-state index contributed by atoms with van der Waals surface area (Å²) in [6.45, 7) is 6.09. The molecule has 4 aromatic rings. The van der Waals surface area contributed by atoms with E-state index in [-0.39, 0.29) is 12.4 Å². The van der Waals surface area contributed by atoms with Gasteiger partial charge in [0, 0.05) is 34.0 Å². The van der Waals surface area contributed by atoms with Crippen LogP contribution in [0.2, 0.25) is 0 Å². The van der Waals surface area contributed by atoms with Gasteiger partial charge in [-0.25, -0.2) is 0 Å². The highest BCUT2D eigenvalue weighted by Gasteiger charge is 2.32. The Morgan fingerprint density at radius 3 is 2.57 bits per heavy atom. The summed E-state index contributed by atoms with van der Waals surface area (Å²) < 4.78 is 6.96. The number of carbonyl (C=O) groups excluding carboxylic acids is 1. The minimum atomic E-state index is -0.533. The first-order chi connectivity index (χ1) is 16.9. The van der Waals surface area contributed by atoms with Crippen LogP contribution in [0.3, 0.4) is 0 Å². The fourth-order valence-electron chi connectivity index (χ4n) is 4.25. The third-order valence-corrected chi connectivity index (χ3v) is 7.38. The summed E-state index contributed by atoms with van der Waals surface area (Å²) in [5.74, 6) is 1.01. The number of hydrogen-bond donors (Lipinski definition) is 0. The number of thiophene rings is 1. The lowest BCUT2D eigenvalue weighted by Crippen LogP contribution is -2.12. The highest BCUT2D eigenvalue weighted by atomic mass is 32.1. The van der Waals surface area contributed by atoms with Crippen molar-refractivity contribution in [2.75, 3.05) is 7.11 Å². The molecule has 1 aromatic carbocycles. The molecule has 0 spiro atoms. The molecule has 174 valence electrons. The molecular formula is C26H22N6O2S. The van der Waals surface area contributed by atoms with Crippen LogP contribution < -0.4 is 0 Å². The molecule has 3 aromatic heterocycles. The quantitative estimate of drug-likeness (QED) is 0.392. The first-order valence-corrected chi connectivity index (χ1v) is 11.9. The van der Waals surface area contributed by atoms with Crippen molar-refractivity contribution in [3.8, 4) is 22.2 Å². The number of methoxy groups -OCH3 is 1. The van der Waals surface area contributed by atoms with Crippen molar-refractivity contribution in [2.45, 2.75) is 33.2 Å². The Labute approximate surface area is 206 Å². The monoisotopic (exact) mass is 482 g/mol. The number of fused-ring (bicyclic) bond motifs is 3. The van der Waals surface area contributed by atoms with E-state index in [1.54, 1.807) is 23.7 Å². The first kappa shape index (κ1) is 22.6. The molecule has 0 bridgehead atoms. The number of esters is 1. The molecular weight excluding hydrogens is 460 g/mol. The van der Waals surface area contributed by atoms with Crippen molar-refractivity contribution in [2.24, 2.45) is 4.99 Å². The van der Waals surface area contributed by atoms with Crippen molar-refractivity contribution in [1.29, 1.82) is 5.26 Å². The summed E-state index contributed by atoms with van der Waals surface area (Å²) in [6.07, 6.45) is 3.35. The van der Waals surface area contributed by atoms with Gasteiger partial charge in [0.25, 0.3) is 0 Å². The van der Waals surface area contributed by atoms with Crippen LogP contribution in [-0.2, 0) is 9.53 Å². The molecule has 0 saturated heterocycles. The van der Waals surface area contributed by atoms with Gasteiger partial charge in [0.05, 0.1) is 24.8 Å². The van der Waals surface area contributed by atoms with Crippen LogP contribution in [0.4, 0.5) is 0 Å². The number of nitrogens with zero attached hydrogens (tertiary/aromatic N) is 6. The maximum atomic E-state index is 12.3. The number of benzene rings is 1. The van der Waals surface area contributed by atoms with E-state index < -0.39 is 6.04 Å². The minimum absolute atomic E-state index is 0.0653. The maximum Gasteiger partial charge on any atom is 0.308 e. The Bertz CT molecular complexity index is 1520. The number of rotatable bonds is 4. The normalized spacial score (nSPS) is 14.4. The van der Waals surface area contributed by atoms with E-state index in [2.05, 4.69) is 35.1 Å².